The molecule has 1 fully saturated rings. The Morgan fingerprint density at radius 1 is 1.64 bits per heavy atom. The van der Waals surface area contributed by atoms with Crippen LogP contribution in [-0.2, 0) is 4.79 Å². The van der Waals surface area contributed by atoms with E-state index in [0.29, 0.717) is 25.2 Å². The molecule has 1 aliphatic heterocycles. The average Bonchev–Trinajstić information content (AvgIpc) is 2.10. The lowest BCUT2D eigenvalue weighted by molar-refractivity contribution is -0.123. The number of amides is 1. The highest BCUT2D eigenvalue weighted by atomic mass is 16.2. The minimum atomic E-state index is 0.120. The van der Waals surface area contributed by atoms with Gasteiger partial charge in [-0.05, 0) is 26.7 Å². The zero-order chi connectivity index (χ0) is 10.6. The van der Waals surface area contributed by atoms with E-state index in [0.717, 1.165) is 19.4 Å². The third-order valence-corrected chi connectivity index (χ3v) is 2.77. The molecule has 1 saturated heterocycles. The molecule has 0 radical (unpaired) electrons. The first-order valence-corrected chi connectivity index (χ1v) is 5.39. The van der Waals surface area contributed by atoms with Gasteiger partial charge in [-0.3, -0.25) is 9.69 Å². The van der Waals surface area contributed by atoms with Crippen molar-refractivity contribution >= 4 is 5.91 Å². The van der Waals surface area contributed by atoms with Crippen LogP contribution in [0, 0.1) is 0 Å². The fourth-order valence-corrected chi connectivity index (χ4v) is 1.93. The molecule has 3 N–H and O–H groups in total. The molecule has 4 heteroatoms. The molecular formula is C10H21N3O. The van der Waals surface area contributed by atoms with Crippen molar-refractivity contribution in [1.82, 2.24) is 10.2 Å². The molecule has 0 aromatic rings. The van der Waals surface area contributed by atoms with Crippen LogP contribution in [0.15, 0.2) is 0 Å². The lowest BCUT2D eigenvalue weighted by Gasteiger charge is -2.35. The highest BCUT2D eigenvalue weighted by Gasteiger charge is 2.24. The van der Waals surface area contributed by atoms with Gasteiger partial charge in [0.15, 0.2) is 0 Å². The van der Waals surface area contributed by atoms with Crippen LogP contribution in [0.5, 0.6) is 0 Å². The molecule has 0 aromatic heterocycles. The molecular weight excluding hydrogens is 178 g/mol. The zero-order valence-corrected chi connectivity index (χ0v) is 9.12. The van der Waals surface area contributed by atoms with Crippen molar-refractivity contribution in [2.45, 2.75) is 38.8 Å². The van der Waals surface area contributed by atoms with Gasteiger partial charge in [0.1, 0.15) is 0 Å². The molecule has 0 spiro atoms. The molecule has 0 saturated carbocycles. The quantitative estimate of drug-likeness (QED) is 0.669. The molecule has 82 valence electrons. The Balaban J connectivity index is 2.33. The van der Waals surface area contributed by atoms with Gasteiger partial charge in [0, 0.05) is 25.2 Å². The van der Waals surface area contributed by atoms with Gasteiger partial charge in [-0.2, -0.15) is 0 Å². The van der Waals surface area contributed by atoms with Gasteiger partial charge in [-0.15, -0.1) is 0 Å². The summed E-state index contributed by atoms with van der Waals surface area (Å²) in [5.74, 6) is 0.120. The number of likely N-dealkylation sites (N-methyl/N-ethyl adjacent to an activating group) is 1. The van der Waals surface area contributed by atoms with Crippen LogP contribution in [-0.4, -0.2) is 42.5 Å². The van der Waals surface area contributed by atoms with E-state index < -0.39 is 0 Å². The SMILES string of the molecule is CCNC(=O)CN1CCC(N)CC1C. The molecule has 1 rings (SSSR count). The van der Waals surface area contributed by atoms with Crippen LogP contribution in [0.1, 0.15) is 26.7 Å². The van der Waals surface area contributed by atoms with E-state index in [2.05, 4.69) is 17.1 Å². The number of likely N-dealkylation sites (tertiary alicyclic amines) is 1. The number of nitrogens with two attached hydrogens (primary N) is 1. The second kappa shape index (κ2) is 5.32. The number of hydrogen-bond donors (Lipinski definition) is 2. The maximum Gasteiger partial charge on any atom is 0.234 e. The van der Waals surface area contributed by atoms with Crippen molar-refractivity contribution in [3.05, 3.63) is 0 Å². The van der Waals surface area contributed by atoms with Crippen molar-refractivity contribution in [2.75, 3.05) is 19.6 Å². The third kappa shape index (κ3) is 3.27. The predicted octanol–water partition coefficient (Wildman–Crippen LogP) is -0.0659. The van der Waals surface area contributed by atoms with E-state index >= 15 is 0 Å². The number of piperidine rings is 1. The minimum Gasteiger partial charge on any atom is -0.355 e. The molecule has 2 atom stereocenters. The molecule has 14 heavy (non-hydrogen) atoms. The molecule has 0 bridgehead atoms. The van der Waals surface area contributed by atoms with Gasteiger partial charge in [0.25, 0.3) is 0 Å². The summed E-state index contributed by atoms with van der Waals surface area (Å²) in [4.78, 5) is 13.6. The Kier molecular flexibility index (Phi) is 4.35. The maximum absolute atomic E-state index is 11.4. The number of carbonyl (C=O) groups is 1. The Morgan fingerprint density at radius 2 is 2.36 bits per heavy atom. The summed E-state index contributed by atoms with van der Waals surface area (Å²) < 4.78 is 0. The van der Waals surface area contributed by atoms with E-state index in [1.165, 1.54) is 0 Å². The Morgan fingerprint density at radius 3 is 2.93 bits per heavy atom. The Hall–Kier alpha value is -0.610. The summed E-state index contributed by atoms with van der Waals surface area (Å²) >= 11 is 0. The standard InChI is InChI=1S/C10H21N3O/c1-3-12-10(14)7-13-5-4-9(11)6-8(13)2/h8-9H,3-7,11H2,1-2H3,(H,12,14). The summed E-state index contributed by atoms with van der Waals surface area (Å²) in [5.41, 5.74) is 5.85. The van der Waals surface area contributed by atoms with E-state index in [1.807, 2.05) is 6.92 Å². The van der Waals surface area contributed by atoms with Crippen molar-refractivity contribution < 1.29 is 4.79 Å². The fraction of sp³-hybridized carbons (Fsp3) is 0.900. The van der Waals surface area contributed by atoms with Gasteiger partial charge >= 0.3 is 0 Å². The first-order valence-electron chi connectivity index (χ1n) is 5.39. The van der Waals surface area contributed by atoms with Gasteiger partial charge < -0.3 is 11.1 Å². The summed E-state index contributed by atoms with van der Waals surface area (Å²) in [6, 6.07) is 0.747. The monoisotopic (exact) mass is 199 g/mol. The molecule has 4 nitrogen and oxygen atoms in total. The van der Waals surface area contributed by atoms with Crippen LogP contribution in [0.3, 0.4) is 0 Å². The van der Waals surface area contributed by atoms with Crippen LogP contribution < -0.4 is 11.1 Å². The molecule has 1 heterocycles. The van der Waals surface area contributed by atoms with Crippen molar-refractivity contribution in [1.29, 1.82) is 0 Å². The maximum atomic E-state index is 11.4. The van der Waals surface area contributed by atoms with Crippen molar-refractivity contribution in [2.24, 2.45) is 5.73 Å². The number of nitrogens with zero attached hydrogens (tertiary/aromatic N) is 1. The van der Waals surface area contributed by atoms with Crippen LogP contribution in [0.4, 0.5) is 0 Å². The first-order chi connectivity index (χ1) is 6.63. The topological polar surface area (TPSA) is 58.4 Å². The summed E-state index contributed by atoms with van der Waals surface area (Å²) in [6.07, 6.45) is 2.00. The first kappa shape index (κ1) is 11.5. The number of nitrogens with one attached hydrogen (secondary N) is 1. The van der Waals surface area contributed by atoms with Gasteiger partial charge in [-0.25, -0.2) is 0 Å². The lowest BCUT2D eigenvalue weighted by atomic mass is 9.99. The van der Waals surface area contributed by atoms with Gasteiger partial charge in [0.05, 0.1) is 6.54 Å². The van der Waals surface area contributed by atoms with E-state index in [1.54, 1.807) is 0 Å². The highest BCUT2D eigenvalue weighted by Crippen LogP contribution is 2.14. The highest BCUT2D eigenvalue weighted by molar-refractivity contribution is 5.77. The summed E-state index contributed by atoms with van der Waals surface area (Å²) in [7, 11) is 0. The van der Waals surface area contributed by atoms with Gasteiger partial charge in [0.2, 0.25) is 5.91 Å². The number of carbonyl (C=O) groups excluding carboxylic acids is 1. The van der Waals surface area contributed by atoms with Gasteiger partial charge in [-0.1, -0.05) is 0 Å². The minimum absolute atomic E-state index is 0.120. The van der Waals surface area contributed by atoms with Crippen LogP contribution in [0.2, 0.25) is 0 Å². The zero-order valence-electron chi connectivity index (χ0n) is 9.12. The van der Waals surface area contributed by atoms with E-state index in [-0.39, 0.29) is 5.91 Å². The Bertz CT molecular complexity index is 196. The summed E-state index contributed by atoms with van der Waals surface area (Å²) in [6.45, 7) is 6.24. The molecule has 1 amide bonds. The Labute approximate surface area is 85.8 Å². The number of hydrogen-bond acceptors (Lipinski definition) is 3. The molecule has 0 aromatic carbocycles. The number of rotatable bonds is 3. The van der Waals surface area contributed by atoms with E-state index in [4.69, 9.17) is 5.73 Å². The van der Waals surface area contributed by atoms with Crippen LogP contribution >= 0.6 is 0 Å². The smallest absolute Gasteiger partial charge is 0.234 e. The van der Waals surface area contributed by atoms with Crippen molar-refractivity contribution in [3.63, 3.8) is 0 Å². The summed E-state index contributed by atoms with van der Waals surface area (Å²) in [5, 5.41) is 2.81. The van der Waals surface area contributed by atoms with Crippen molar-refractivity contribution in [3.8, 4) is 0 Å². The normalized spacial score (nSPS) is 28.8. The fourth-order valence-electron chi connectivity index (χ4n) is 1.93. The largest absolute Gasteiger partial charge is 0.355 e. The molecule has 2 unspecified atom stereocenters. The lowest BCUT2D eigenvalue weighted by Crippen LogP contribution is -2.49. The predicted molar refractivity (Wildman–Crippen MR) is 56.9 cm³/mol. The molecule has 1 aliphatic rings. The third-order valence-electron chi connectivity index (χ3n) is 2.77. The molecule has 0 aliphatic carbocycles. The van der Waals surface area contributed by atoms with E-state index in [9.17, 15) is 4.79 Å². The average molecular weight is 199 g/mol. The van der Waals surface area contributed by atoms with Crippen LogP contribution in [0.25, 0.3) is 0 Å². The second-order valence-electron chi connectivity index (χ2n) is 4.06. The second-order valence-corrected chi connectivity index (χ2v) is 4.06.